The summed E-state index contributed by atoms with van der Waals surface area (Å²) in [7, 11) is -3.10. The van der Waals surface area contributed by atoms with Gasteiger partial charge in [-0.3, -0.25) is 0 Å². The average Bonchev–Trinajstić information content (AvgIpc) is 2.53. The molecule has 0 unspecified atom stereocenters. The maximum atomic E-state index is 12.2. The third-order valence-electron chi connectivity index (χ3n) is 4.83. The Morgan fingerprint density at radius 3 is 2.15 bits per heavy atom. The van der Waals surface area contributed by atoms with E-state index in [1.54, 1.807) is 4.31 Å². The molecule has 0 bridgehead atoms. The van der Waals surface area contributed by atoms with E-state index in [-0.39, 0.29) is 22.6 Å². The minimum Gasteiger partial charge on any atom is -0.367 e. The summed E-state index contributed by atoms with van der Waals surface area (Å²) in [6, 6.07) is 2.27. The summed E-state index contributed by atoms with van der Waals surface area (Å²) in [5.41, 5.74) is 0.833. The van der Waals surface area contributed by atoms with Crippen LogP contribution in [0.3, 0.4) is 0 Å². The first kappa shape index (κ1) is 22.1. The number of rotatable bonds is 5. The van der Waals surface area contributed by atoms with Crippen LogP contribution in [0.15, 0.2) is 6.07 Å². The van der Waals surface area contributed by atoms with Gasteiger partial charge in [0, 0.05) is 36.0 Å². The molecule has 0 saturated carbocycles. The Morgan fingerprint density at radius 1 is 1.07 bits per heavy atom. The van der Waals surface area contributed by atoms with Crippen molar-refractivity contribution in [1.82, 2.24) is 14.3 Å². The van der Waals surface area contributed by atoms with Gasteiger partial charge in [-0.15, -0.1) is 0 Å². The molecule has 1 aromatic rings. The van der Waals surface area contributed by atoms with Crippen molar-refractivity contribution in [2.24, 2.45) is 0 Å². The zero-order chi connectivity index (χ0) is 20.5. The van der Waals surface area contributed by atoms with Crippen LogP contribution >= 0.6 is 0 Å². The number of aromatic nitrogens is 2. The summed E-state index contributed by atoms with van der Waals surface area (Å²) in [5, 5.41) is 3.54. The summed E-state index contributed by atoms with van der Waals surface area (Å²) in [5.74, 6) is 1.91. The standard InChI is InChI=1S/C20H36N4O2S/c1-8-13-27(25,26)24-11-9-15(10-12-24)21-17-14-16(19(2,3)4)22-18(23-17)20(5,6)7/h14-15H,8-13H2,1-7H3,(H,21,22,23). The smallest absolute Gasteiger partial charge is 0.214 e. The van der Waals surface area contributed by atoms with E-state index in [0.717, 1.165) is 30.2 Å². The fraction of sp³-hybridized carbons (Fsp3) is 0.800. The van der Waals surface area contributed by atoms with Gasteiger partial charge in [-0.25, -0.2) is 22.7 Å². The molecule has 0 spiro atoms. The molecule has 1 N–H and O–H groups in total. The summed E-state index contributed by atoms with van der Waals surface area (Å²) in [6.07, 6.45) is 2.25. The second-order valence-electron chi connectivity index (χ2n) is 9.60. The highest BCUT2D eigenvalue weighted by atomic mass is 32.2. The quantitative estimate of drug-likeness (QED) is 0.821. The van der Waals surface area contributed by atoms with Crippen LogP contribution in [0.25, 0.3) is 0 Å². The van der Waals surface area contributed by atoms with Crippen LogP contribution < -0.4 is 5.32 Å². The lowest BCUT2D eigenvalue weighted by Gasteiger charge is -2.32. The van der Waals surface area contributed by atoms with Crippen LogP contribution in [-0.2, 0) is 20.9 Å². The van der Waals surface area contributed by atoms with Gasteiger partial charge in [-0.05, 0) is 19.3 Å². The lowest BCUT2D eigenvalue weighted by Crippen LogP contribution is -2.43. The number of nitrogens with zero attached hydrogens (tertiary/aromatic N) is 3. The summed E-state index contributed by atoms with van der Waals surface area (Å²) < 4.78 is 26.1. The van der Waals surface area contributed by atoms with E-state index in [1.165, 1.54) is 0 Å². The predicted molar refractivity (Wildman–Crippen MR) is 112 cm³/mol. The molecular formula is C20H36N4O2S. The summed E-state index contributed by atoms with van der Waals surface area (Å²) in [6.45, 7) is 15.9. The molecule has 27 heavy (non-hydrogen) atoms. The third-order valence-corrected chi connectivity index (χ3v) is 6.90. The van der Waals surface area contributed by atoms with Crippen molar-refractivity contribution in [2.75, 3.05) is 24.2 Å². The first-order chi connectivity index (χ1) is 12.3. The lowest BCUT2D eigenvalue weighted by molar-refractivity contribution is 0.329. The van der Waals surface area contributed by atoms with Gasteiger partial charge in [0.05, 0.1) is 11.4 Å². The fourth-order valence-electron chi connectivity index (χ4n) is 3.12. The topological polar surface area (TPSA) is 75.2 Å². The van der Waals surface area contributed by atoms with E-state index in [4.69, 9.17) is 9.97 Å². The highest BCUT2D eigenvalue weighted by molar-refractivity contribution is 7.89. The maximum absolute atomic E-state index is 12.2. The number of sulfonamides is 1. The van der Waals surface area contributed by atoms with E-state index in [0.29, 0.717) is 19.5 Å². The SMILES string of the molecule is CCCS(=O)(=O)N1CCC(Nc2cc(C(C)(C)C)nc(C(C)(C)C)n2)CC1. The molecule has 1 aliphatic heterocycles. The van der Waals surface area contributed by atoms with Gasteiger partial charge in [-0.2, -0.15) is 0 Å². The zero-order valence-corrected chi connectivity index (χ0v) is 18.8. The fourth-order valence-corrected chi connectivity index (χ4v) is 4.66. The average molecular weight is 397 g/mol. The third kappa shape index (κ3) is 5.88. The molecule has 6 nitrogen and oxygen atoms in total. The highest BCUT2D eigenvalue weighted by Gasteiger charge is 2.28. The van der Waals surface area contributed by atoms with E-state index in [2.05, 4.69) is 46.9 Å². The molecule has 0 aromatic carbocycles. The maximum Gasteiger partial charge on any atom is 0.214 e. The van der Waals surface area contributed by atoms with E-state index < -0.39 is 10.0 Å². The molecule has 1 fully saturated rings. The van der Waals surface area contributed by atoms with Crippen molar-refractivity contribution in [3.05, 3.63) is 17.6 Å². The van der Waals surface area contributed by atoms with E-state index >= 15 is 0 Å². The molecule has 0 atom stereocenters. The highest BCUT2D eigenvalue weighted by Crippen LogP contribution is 2.28. The molecule has 0 aliphatic carbocycles. The zero-order valence-electron chi connectivity index (χ0n) is 18.0. The predicted octanol–water partition coefficient (Wildman–Crippen LogP) is 3.69. The van der Waals surface area contributed by atoms with Gasteiger partial charge >= 0.3 is 0 Å². The molecule has 0 radical (unpaired) electrons. The molecule has 154 valence electrons. The Morgan fingerprint density at radius 2 is 1.67 bits per heavy atom. The Kier molecular flexibility index (Phi) is 6.57. The minimum atomic E-state index is -3.10. The van der Waals surface area contributed by atoms with Gasteiger partial charge in [0.2, 0.25) is 10.0 Å². The first-order valence-electron chi connectivity index (χ1n) is 9.97. The Labute approximate surface area is 165 Å². The Balaban J connectivity index is 2.14. The van der Waals surface area contributed by atoms with Crippen molar-refractivity contribution < 1.29 is 8.42 Å². The van der Waals surface area contributed by atoms with Gasteiger partial charge in [-0.1, -0.05) is 48.5 Å². The number of hydrogen-bond acceptors (Lipinski definition) is 5. The van der Waals surface area contributed by atoms with Crippen molar-refractivity contribution in [3.8, 4) is 0 Å². The van der Waals surface area contributed by atoms with Crippen molar-refractivity contribution in [2.45, 2.75) is 84.6 Å². The molecule has 7 heteroatoms. The molecule has 1 aromatic heterocycles. The molecule has 2 heterocycles. The van der Waals surface area contributed by atoms with Gasteiger partial charge in [0.25, 0.3) is 0 Å². The number of piperidine rings is 1. The van der Waals surface area contributed by atoms with Crippen molar-refractivity contribution in [1.29, 1.82) is 0 Å². The molecule has 1 saturated heterocycles. The van der Waals surface area contributed by atoms with Crippen LogP contribution in [0, 0.1) is 0 Å². The van der Waals surface area contributed by atoms with E-state index in [1.807, 2.05) is 13.0 Å². The van der Waals surface area contributed by atoms with Crippen LogP contribution in [0.4, 0.5) is 5.82 Å². The Bertz CT molecular complexity index is 708. The molecule has 1 aliphatic rings. The number of anilines is 1. The summed E-state index contributed by atoms with van der Waals surface area (Å²) in [4.78, 5) is 9.55. The van der Waals surface area contributed by atoms with Crippen LogP contribution in [0.2, 0.25) is 0 Å². The van der Waals surface area contributed by atoms with Crippen LogP contribution in [-0.4, -0.2) is 47.6 Å². The van der Waals surface area contributed by atoms with Gasteiger partial charge in [0.15, 0.2) is 0 Å². The molecular weight excluding hydrogens is 360 g/mol. The van der Waals surface area contributed by atoms with Crippen molar-refractivity contribution >= 4 is 15.8 Å². The minimum absolute atomic E-state index is 0.0586. The van der Waals surface area contributed by atoms with Crippen LogP contribution in [0.1, 0.15) is 79.2 Å². The van der Waals surface area contributed by atoms with Crippen LogP contribution in [0.5, 0.6) is 0 Å². The largest absolute Gasteiger partial charge is 0.367 e. The van der Waals surface area contributed by atoms with Gasteiger partial charge in [0.1, 0.15) is 11.6 Å². The number of hydrogen-bond donors (Lipinski definition) is 1. The second-order valence-corrected chi connectivity index (χ2v) is 11.7. The summed E-state index contributed by atoms with van der Waals surface area (Å²) >= 11 is 0. The normalized spacial score (nSPS) is 17.9. The Hall–Kier alpha value is -1.21. The second kappa shape index (κ2) is 8.03. The molecule has 0 amide bonds. The van der Waals surface area contributed by atoms with E-state index in [9.17, 15) is 8.42 Å². The van der Waals surface area contributed by atoms with Crippen molar-refractivity contribution in [3.63, 3.8) is 0 Å². The van der Waals surface area contributed by atoms with Gasteiger partial charge < -0.3 is 5.32 Å². The molecule has 2 rings (SSSR count). The number of nitrogens with one attached hydrogen (secondary N) is 1. The first-order valence-corrected chi connectivity index (χ1v) is 11.6. The lowest BCUT2D eigenvalue weighted by atomic mass is 9.90. The monoisotopic (exact) mass is 396 g/mol.